The van der Waals surface area contributed by atoms with Crippen molar-refractivity contribution in [3.8, 4) is 0 Å². The lowest BCUT2D eigenvalue weighted by Crippen LogP contribution is -2.58. The largest absolute Gasteiger partial charge is 0.445 e. The van der Waals surface area contributed by atoms with Gasteiger partial charge in [0, 0.05) is 80.3 Å². The van der Waals surface area contributed by atoms with E-state index in [0.717, 1.165) is 53.2 Å². The Bertz CT molecular complexity index is 2600. The standard InChI is InChI=1S/C55H75N11O13/c1-54(2,3)79-53(77)60-30-9-6-4-5-8-28-57-40-16-12-15-38-39(40)33-65(47(38)71)42-22-23-45(69)66(48(42)72)35-61-52(76)78-34-36-18-20-37(21-19-36)62-46(70)41(17-13-31-59-51(56)75)63-50(74)55(26-14-27-55)49(73)58-29-10-7-11-32-64-43(67)24-25-44(64)68/h12,15-16,18-21,24-25,41-42,57H,4-11,13-14,17,22-23,26-35H2,1-3H3,(H,58,73)(H,60,77)(H,61,76)(H,62,70)(H,63,74)(H3,56,59,75). The van der Waals surface area contributed by atoms with Crippen LogP contribution in [-0.4, -0.2) is 137 Å². The van der Waals surface area contributed by atoms with Crippen molar-refractivity contribution < 1.29 is 62.2 Å². The van der Waals surface area contributed by atoms with Crippen LogP contribution >= 0.6 is 0 Å². The molecule has 12 amide bonds. The summed E-state index contributed by atoms with van der Waals surface area (Å²) >= 11 is 0. The number of benzene rings is 2. The molecule has 1 saturated heterocycles. The SMILES string of the molecule is CC(C)(C)OC(=O)NCCCCCCCNc1cccc2c1CN(C1CCC(=O)N(CNC(=O)OCc3ccc(NC(=O)C(CCCNC(N)=O)NC(=O)C4(C(=O)NCCCCCN5C(=O)C=CC5=O)CCC4)cc3)C1=O)C2=O. The number of ether oxygens (including phenoxy) is 2. The molecule has 1 saturated carbocycles. The first-order chi connectivity index (χ1) is 37.8. The Hall–Kier alpha value is -8.05. The molecule has 0 bridgehead atoms. The maximum atomic E-state index is 13.8. The van der Waals surface area contributed by atoms with Gasteiger partial charge in [0.2, 0.25) is 23.6 Å². The topological polar surface area (TPSA) is 326 Å². The molecule has 24 heteroatoms. The highest BCUT2D eigenvalue weighted by atomic mass is 16.6. The van der Waals surface area contributed by atoms with Crippen molar-refractivity contribution in [2.75, 3.05) is 50.0 Å². The fourth-order valence-electron chi connectivity index (χ4n) is 9.58. The molecule has 3 heterocycles. The van der Waals surface area contributed by atoms with Crippen LogP contribution in [0.15, 0.2) is 54.6 Å². The number of likely N-dealkylation sites (tertiary alicyclic amines) is 1. The molecule has 6 rings (SSSR count). The van der Waals surface area contributed by atoms with Gasteiger partial charge < -0.3 is 57.3 Å². The molecule has 79 heavy (non-hydrogen) atoms. The summed E-state index contributed by atoms with van der Waals surface area (Å²) in [6, 6.07) is 8.92. The smallest absolute Gasteiger partial charge is 0.408 e. The molecule has 2 unspecified atom stereocenters. The quantitative estimate of drug-likeness (QED) is 0.0322. The Balaban J connectivity index is 0.919. The zero-order chi connectivity index (χ0) is 57.1. The molecule has 0 aromatic heterocycles. The fourth-order valence-corrected chi connectivity index (χ4v) is 9.58. The van der Waals surface area contributed by atoms with Gasteiger partial charge >= 0.3 is 18.2 Å². The predicted molar refractivity (Wildman–Crippen MR) is 288 cm³/mol. The van der Waals surface area contributed by atoms with E-state index in [1.54, 1.807) is 36.4 Å². The number of hydrogen-bond donors (Lipinski definition) is 8. The number of carbonyl (C=O) groups excluding carboxylic acids is 11. The van der Waals surface area contributed by atoms with E-state index in [2.05, 4.69) is 37.2 Å². The molecule has 2 aromatic rings. The highest BCUT2D eigenvalue weighted by molar-refractivity contribution is 6.13. The van der Waals surface area contributed by atoms with Crippen LogP contribution < -0.4 is 43.0 Å². The van der Waals surface area contributed by atoms with Gasteiger partial charge in [-0.25, -0.2) is 14.4 Å². The summed E-state index contributed by atoms with van der Waals surface area (Å²) in [6.45, 7) is 6.82. The molecule has 9 N–H and O–H groups in total. The van der Waals surface area contributed by atoms with E-state index in [1.165, 1.54) is 17.1 Å². The number of alkyl carbamates (subject to hydrolysis) is 2. The van der Waals surface area contributed by atoms with Crippen LogP contribution in [0.5, 0.6) is 0 Å². The first-order valence-corrected chi connectivity index (χ1v) is 27.2. The molecule has 4 aliphatic rings. The molecular formula is C55H75N11O13. The minimum absolute atomic E-state index is 0.0206. The van der Waals surface area contributed by atoms with Gasteiger partial charge in [-0.15, -0.1) is 0 Å². The van der Waals surface area contributed by atoms with Crippen LogP contribution in [0.3, 0.4) is 0 Å². The lowest BCUT2D eigenvalue weighted by Gasteiger charge is -2.39. The Morgan fingerprint density at radius 1 is 0.734 bits per heavy atom. The number of amides is 12. The number of imide groups is 2. The van der Waals surface area contributed by atoms with Gasteiger partial charge in [0.05, 0.1) is 0 Å². The van der Waals surface area contributed by atoms with Gasteiger partial charge in [0.1, 0.15) is 36.4 Å². The third kappa shape index (κ3) is 17.2. The van der Waals surface area contributed by atoms with E-state index in [4.69, 9.17) is 15.2 Å². The zero-order valence-electron chi connectivity index (χ0n) is 45.3. The summed E-state index contributed by atoms with van der Waals surface area (Å²) in [6.07, 6.45) is 9.16. The van der Waals surface area contributed by atoms with Gasteiger partial charge in [-0.05, 0) is 115 Å². The number of nitrogens with zero attached hydrogens (tertiary/aromatic N) is 3. The second kappa shape index (κ2) is 28.5. The molecule has 0 radical (unpaired) electrons. The molecule has 2 atom stereocenters. The molecule has 24 nitrogen and oxygen atoms in total. The van der Waals surface area contributed by atoms with Gasteiger partial charge in [0.15, 0.2) is 0 Å². The summed E-state index contributed by atoms with van der Waals surface area (Å²) < 4.78 is 10.6. The van der Waals surface area contributed by atoms with E-state index >= 15 is 0 Å². The average molecular weight is 1100 g/mol. The number of hydrogen-bond acceptors (Lipinski definition) is 14. The van der Waals surface area contributed by atoms with Crippen LogP contribution in [0.1, 0.15) is 139 Å². The molecular weight excluding hydrogens is 1020 g/mol. The minimum atomic E-state index is -1.38. The number of primary amides is 1. The summed E-state index contributed by atoms with van der Waals surface area (Å²) in [4.78, 5) is 144. The van der Waals surface area contributed by atoms with Gasteiger partial charge in [-0.1, -0.05) is 43.9 Å². The van der Waals surface area contributed by atoms with Crippen LogP contribution in [0, 0.1) is 5.41 Å². The lowest BCUT2D eigenvalue weighted by molar-refractivity contribution is -0.153. The van der Waals surface area contributed by atoms with Crippen molar-refractivity contribution in [2.45, 2.75) is 148 Å². The highest BCUT2D eigenvalue weighted by Gasteiger charge is 2.51. The molecule has 428 valence electrons. The summed E-state index contributed by atoms with van der Waals surface area (Å²) in [5.74, 6) is -3.80. The van der Waals surface area contributed by atoms with Gasteiger partial charge in [-0.2, -0.15) is 0 Å². The number of nitrogens with one attached hydrogen (secondary N) is 7. The Morgan fingerprint density at radius 3 is 2.06 bits per heavy atom. The fraction of sp³-hybridized carbons (Fsp3) is 0.545. The maximum Gasteiger partial charge on any atom is 0.408 e. The summed E-state index contributed by atoms with van der Waals surface area (Å²) in [5.41, 5.74) is 6.19. The number of fused-ring (bicyclic) bond motifs is 1. The Kier molecular flexibility index (Phi) is 21.7. The molecule has 2 fully saturated rings. The second-order valence-corrected chi connectivity index (χ2v) is 21.1. The number of nitrogens with two attached hydrogens (primary N) is 1. The highest BCUT2D eigenvalue weighted by Crippen LogP contribution is 2.42. The van der Waals surface area contributed by atoms with Gasteiger partial charge in [-0.3, -0.25) is 48.2 Å². The van der Waals surface area contributed by atoms with E-state index in [0.29, 0.717) is 55.6 Å². The molecule has 2 aromatic carbocycles. The minimum Gasteiger partial charge on any atom is -0.445 e. The second-order valence-electron chi connectivity index (χ2n) is 21.1. The van der Waals surface area contributed by atoms with Crippen molar-refractivity contribution in [2.24, 2.45) is 11.1 Å². The Labute approximate surface area is 459 Å². The van der Waals surface area contributed by atoms with Crippen molar-refractivity contribution in [3.05, 3.63) is 71.3 Å². The molecule has 0 spiro atoms. The number of carbonyl (C=O) groups is 11. The third-order valence-electron chi connectivity index (χ3n) is 14.1. The number of urea groups is 1. The van der Waals surface area contributed by atoms with Crippen molar-refractivity contribution in [1.29, 1.82) is 0 Å². The van der Waals surface area contributed by atoms with Crippen molar-refractivity contribution in [1.82, 2.24) is 41.3 Å². The number of rotatable bonds is 29. The van der Waals surface area contributed by atoms with E-state index < -0.39 is 77.5 Å². The van der Waals surface area contributed by atoms with Crippen LogP contribution in [0.4, 0.5) is 25.8 Å². The first kappa shape index (κ1) is 60.2. The van der Waals surface area contributed by atoms with E-state index in [-0.39, 0.29) is 89.0 Å². The molecule has 3 aliphatic heterocycles. The van der Waals surface area contributed by atoms with Gasteiger partial charge in [0.25, 0.3) is 23.6 Å². The zero-order valence-corrected chi connectivity index (χ0v) is 45.3. The van der Waals surface area contributed by atoms with Crippen molar-refractivity contribution >= 4 is 76.8 Å². The maximum absolute atomic E-state index is 13.8. The number of anilines is 2. The monoisotopic (exact) mass is 1100 g/mol. The van der Waals surface area contributed by atoms with Crippen LogP contribution in [-0.2, 0) is 56.2 Å². The average Bonchev–Trinajstić information content (AvgIpc) is 3.99. The normalized spacial score (nSPS) is 16.9. The third-order valence-corrected chi connectivity index (χ3v) is 14.1. The van der Waals surface area contributed by atoms with E-state index in [9.17, 15) is 52.7 Å². The summed E-state index contributed by atoms with van der Waals surface area (Å²) in [7, 11) is 0. The molecule has 1 aliphatic carbocycles. The Morgan fingerprint density at radius 2 is 1.39 bits per heavy atom. The lowest BCUT2D eigenvalue weighted by atomic mass is 9.67. The van der Waals surface area contributed by atoms with E-state index in [1.807, 2.05) is 26.8 Å². The first-order valence-electron chi connectivity index (χ1n) is 27.2. The van der Waals surface area contributed by atoms with Crippen LogP contribution in [0.2, 0.25) is 0 Å². The predicted octanol–water partition coefficient (Wildman–Crippen LogP) is 4.18. The van der Waals surface area contributed by atoms with Crippen LogP contribution in [0.25, 0.3) is 0 Å². The number of piperidine rings is 1. The van der Waals surface area contributed by atoms with Crippen molar-refractivity contribution in [3.63, 3.8) is 0 Å². The number of unbranched alkanes of at least 4 members (excludes halogenated alkanes) is 6. The summed E-state index contributed by atoms with van der Waals surface area (Å²) in [5, 5.41) is 19.5.